The van der Waals surface area contributed by atoms with Crippen molar-refractivity contribution in [3.8, 4) is 17.0 Å². The summed E-state index contributed by atoms with van der Waals surface area (Å²) in [6.45, 7) is 3.20. The molecule has 0 aliphatic rings. The molecular formula is C20H24N2O4. The second kappa shape index (κ2) is 8.80. The highest BCUT2D eigenvalue weighted by Crippen LogP contribution is 2.34. The normalized spacial score (nSPS) is 11.5. The van der Waals surface area contributed by atoms with Gasteiger partial charge in [-0.15, -0.1) is 0 Å². The molecule has 6 nitrogen and oxygen atoms in total. The van der Waals surface area contributed by atoms with Crippen LogP contribution in [0.3, 0.4) is 0 Å². The summed E-state index contributed by atoms with van der Waals surface area (Å²) in [5.41, 5.74) is 3.11. The standard InChI is InChI=1S/C20H24N2O4/c1-24-12-10-22(11-13-25-2)14-17-18(23)9-8-16-19(21-26-20(16)17)15-6-4-3-5-7-15/h3-9,23H,10-14H2,1-2H3. The molecule has 1 aromatic heterocycles. The number of aromatic nitrogens is 1. The lowest BCUT2D eigenvalue weighted by atomic mass is 10.0. The smallest absolute Gasteiger partial charge is 0.175 e. The van der Waals surface area contributed by atoms with E-state index in [1.54, 1.807) is 20.3 Å². The minimum Gasteiger partial charge on any atom is -0.507 e. The number of benzene rings is 2. The molecule has 26 heavy (non-hydrogen) atoms. The summed E-state index contributed by atoms with van der Waals surface area (Å²) in [5, 5.41) is 15.5. The number of ether oxygens (including phenoxy) is 2. The Bertz CT molecular complexity index is 824. The van der Waals surface area contributed by atoms with Crippen LogP contribution in [0.4, 0.5) is 0 Å². The summed E-state index contributed by atoms with van der Waals surface area (Å²) in [4.78, 5) is 2.16. The quantitative estimate of drug-likeness (QED) is 0.634. The van der Waals surface area contributed by atoms with Crippen molar-refractivity contribution >= 4 is 11.0 Å². The first-order valence-corrected chi connectivity index (χ1v) is 8.60. The highest BCUT2D eigenvalue weighted by Gasteiger charge is 2.19. The Labute approximate surface area is 152 Å². The highest BCUT2D eigenvalue weighted by atomic mass is 16.5. The zero-order valence-electron chi connectivity index (χ0n) is 15.1. The fourth-order valence-corrected chi connectivity index (χ4v) is 2.94. The van der Waals surface area contributed by atoms with E-state index in [0.717, 1.165) is 35.3 Å². The lowest BCUT2D eigenvalue weighted by Gasteiger charge is -2.22. The third kappa shape index (κ3) is 4.04. The van der Waals surface area contributed by atoms with Gasteiger partial charge in [0.15, 0.2) is 5.58 Å². The Morgan fingerprint density at radius 2 is 1.69 bits per heavy atom. The number of nitrogens with zero attached hydrogens (tertiary/aromatic N) is 2. The zero-order chi connectivity index (χ0) is 18.4. The average molecular weight is 356 g/mol. The molecule has 138 valence electrons. The van der Waals surface area contributed by atoms with Gasteiger partial charge >= 0.3 is 0 Å². The van der Waals surface area contributed by atoms with E-state index in [1.807, 2.05) is 36.4 Å². The fourth-order valence-electron chi connectivity index (χ4n) is 2.94. The van der Waals surface area contributed by atoms with E-state index in [0.29, 0.717) is 25.3 Å². The van der Waals surface area contributed by atoms with Crippen LogP contribution in [0.1, 0.15) is 5.56 Å². The average Bonchev–Trinajstić information content (AvgIpc) is 3.10. The predicted octanol–water partition coefficient (Wildman–Crippen LogP) is 3.30. The largest absolute Gasteiger partial charge is 0.507 e. The molecule has 3 aromatic rings. The first-order valence-electron chi connectivity index (χ1n) is 8.60. The van der Waals surface area contributed by atoms with Gasteiger partial charge in [0, 0.05) is 39.4 Å². The number of phenols is 1. The third-order valence-electron chi connectivity index (χ3n) is 4.37. The van der Waals surface area contributed by atoms with Crippen LogP contribution in [0, 0.1) is 0 Å². The van der Waals surface area contributed by atoms with Gasteiger partial charge in [-0.1, -0.05) is 35.5 Å². The molecule has 0 aliphatic heterocycles. The fraction of sp³-hybridized carbons (Fsp3) is 0.350. The van der Waals surface area contributed by atoms with Crippen molar-refractivity contribution in [3.63, 3.8) is 0 Å². The number of aromatic hydroxyl groups is 1. The van der Waals surface area contributed by atoms with E-state index in [4.69, 9.17) is 14.0 Å². The predicted molar refractivity (Wildman–Crippen MR) is 100 cm³/mol. The van der Waals surface area contributed by atoms with Gasteiger partial charge in [0.1, 0.15) is 11.4 Å². The molecule has 0 amide bonds. The highest BCUT2D eigenvalue weighted by molar-refractivity contribution is 5.94. The molecule has 0 atom stereocenters. The maximum absolute atomic E-state index is 10.4. The van der Waals surface area contributed by atoms with Gasteiger partial charge in [-0.05, 0) is 12.1 Å². The van der Waals surface area contributed by atoms with E-state index < -0.39 is 0 Å². The number of phenolic OH excluding ortho intramolecular Hbond substituents is 1. The summed E-state index contributed by atoms with van der Waals surface area (Å²) in [5.74, 6) is 0.202. The minimum atomic E-state index is 0.202. The van der Waals surface area contributed by atoms with E-state index in [2.05, 4.69) is 10.1 Å². The SMILES string of the molecule is COCCN(CCOC)Cc1c(O)ccc2c(-c3ccccc3)noc12. The number of rotatable bonds is 9. The van der Waals surface area contributed by atoms with Crippen LogP contribution in [0.15, 0.2) is 47.0 Å². The Hall–Kier alpha value is -2.41. The second-order valence-electron chi connectivity index (χ2n) is 6.10. The van der Waals surface area contributed by atoms with Gasteiger partial charge in [-0.2, -0.15) is 0 Å². The molecule has 1 N–H and O–H groups in total. The van der Waals surface area contributed by atoms with Crippen LogP contribution in [-0.2, 0) is 16.0 Å². The van der Waals surface area contributed by atoms with Crippen molar-refractivity contribution in [1.82, 2.24) is 10.1 Å². The second-order valence-corrected chi connectivity index (χ2v) is 6.10. The molecule has 0 bridgehead atoms. The maximum atomic E-state index is 10.4. The van der Waals surface area contributed by atoms with E-state index >= 15 is 0 Å². The molecule has 0 spiro atoms. The minimum absolute atomic E-state index is 0.202. The zero-order valence-corrected chi connectivity index (χ0v) is 15.1. The molecule has 0 radical (unpaired) electrons. The molecular weight excluding hydrogens is 332 g/mol. The molecule has 3 rings (SSSR count). The topological polar surface area (TPSA) is 68.0 Å². The van der Waals surface area contributed by atoms with Gasteiger partial charge in [-0.25, -0.2) is 0 Å². The number of methoxy groups -OCH3 is 2. The van der Waals surface area contributed by atoms with E-state index in [1.165, 1.54) is 0 Å². The van der Waals surface area contributed by atoms with Gasteiger partial charge in [0.25, 0.3) is 0 Å². The Morgan fingerprint density at radius 3 is 2.35 bits per heavy atom. The van der Waals surface area contributed by atoms with E-state index in [9.17, 15) is 5.11 Å². The van der Waals surface area contributed by atoms with Crippen LogP contribution in [0.25, 0.3) is 22.2 Å². The third-order valence-corrected chi connectivity index (χ3v) is 4.37. The van der Waals surface area contributed by atoms with Crippen molar-refractivity contribution in [3.05, 3.63) is 48.0 Å². The Kier molecular flexibility index (Phi) is 6.22. The van der Waals surface area contributed by atoms with Gasteiger partial charge in [-0.3, -0.25) is 4.90 Å². The molecule has 2 aromatic carbocycles. The van der Waals surface area contributed by atoms with Crippen LogP contribution in [-0.4, -0.2) is 55.7 Å². The first-order chi connectivity index (χ1) is 12.7. The monoisotopic (exact) mass is 356 g/mol. The number of hydrogen-bond donors (Lipinski definition) is 1. The molecule has 0 saturated carbocycles. The number of hydrogen-bond acceptors (Lipinski definition) is 6. The Morgan fingerprint density at radius 1 is 1.00 bits per heavy atom. The van der Waals surface area contributed by atoms with Crippen LogP contribution >= 0.6 is 0 Å². The van der Waals surface area contributed by atoms with Gasteiger partial charge in [0.2, 0.25) is 0 Å². The number of fused-ring (bicyclic) bond motifs is 1. The first kappa shape index (κ1) is 18.4. The van der Waals surface area contributed by atoms with Crippen LogP contribution in [0.5, 0.6) is 5.75 Å². The molecule has 0 unspecified atom stereocenters. The summed E-state index contributed by atoms with van der Waals surface area (Å²) in [6.07, 6.45) is 0. The molecule has 0 fully saturated rings. The molecule has 0 saturated heterocycles. The Balaban J connectivity index is 1.94. The van der Waals surface area contributed by atoms with Crippen molar-refractivity contribution in [2.24, 2.45) is 0 Å². The molecule has 0 aliphatic carbocycles. The van der Waals surface area contributed by atoms with Crippen molar-refractivity contribution in [1.29, 1.82) is 0 Å². The summed E-state index contributed by atoms with van der Waals surface area (Å²) in [7, 11) is 3.35. The van der Waals surface area contributed by atoms with Crippen LogP contribution in [0.2, 0.25) is 0 Å². The summed E-state index contributed by atoms with van der Waals surface area (Å²) in [6, 6.07) is 13.4. The molecule has 1 heterocycles. The maximum Gasteiger partial charge on any atom is 0.175 e. The van der Waals surface area contributed by atoms with Crippen molar-refractivity contribution in [2.75, 3.05) is 40.5 Å². The lowest BCUT2D eigenvalue weighted by molar-refractivity contribution is 0.110. The van der Waals surface area contributed by atoms with Gasteiger partial charge in [0.05, 0.1) is 24.2 Å². The lowest BCUT2D eigenvalue weighted by Crippen LogP contribution is -2.30. The van der Waals surface area contributed by atoms with Gasteiger partial charge < -0.3 is 19.1 Å². The molecule has 6 heteroatoms. The van der Waals surface area contributed by atoms with Crippen molar-refractivity contribution < 1.29 is 19.1 Å². The van der Waals surface area contributed by atoms with Crippen LogP contribution < -0.4 is 0 Å². The van der Waals surface area contributed by atoms with Crippen molar-refractivity contribution in [2.45, 2.75) is 6.54 Å². The summed E-state index contributed by atoms with van der Waals surface area (Å²) < 4.78 is 16.0. The summed E-state index contributed by atoms with van der Waals surface area (Å²) >= 11 is 0. The van der Waals surface area contributed by atoms with E-state index in [-0.39, 0.29) is 5.75 Å².